The Morgan fingerprint density at radius 3 is 2.50 bits per heavy atom. The first-order valence-corrected chi connectivity index (χ1v) is 9.65. The molecule has 1 heterocycles. The highest BCUT2D eigenvalue weighted by molar-refractivity contribution is 6.07. The van der Waals surface area contributed by atoms with Crippen molar-refractivity contribution >= 4 is 27.7 Å². The number of methoxy groups -OCH3 is 2. The van der Waals surface area contributed by atoms with E-state index in [4.69, 9.17) is 9.47 Å². The van der Waals surface area contributed by atoms with Gasteiger partial charge in [-0.15, -0.1) is 0 Å². The standard InChI is InChI=1S/C24H22N2O4/c1-29-20-11-10-15(14-21(20)30-2)12-13-25-24(28)18-8-5-7-17-22(18)26-19-9-4-3-6-16(19)23(17)27/h3-11,14H,12-13H2,1-2H3,(H,25,28)(H,26,27). The van der Waals surface area contributed by atoms with Crippen molar-refractivity contribution in [1.82, 2.24) is 10.3 Å². The van der Waals surface area contributed by atoms with E-state index in [0.717, 1.165) is 5.56 Å². The lowest BCUT2D eigenvalue weighted by atomic mass is 10.1. The topological polar surface area (TPSA) is 80.4 Å². The first kappa shape index (κ1) is 19.5. The number of hydrogen-bond acceptors (Lipinski definition) is 4. The van der Waals surface area contributed by atoms with Gasteiger partial charge in [0.1, 0.15) is 0 Å². The van der Waals surface area contributed by atoms with E-state index >= 15 is 0 Å². The second kappa shape index (κ2) is 8.29. The number of ether oxygens (including phenoxy) is 2. The van der Waals surface area contributed by atoms with Gasteiger partial charge in [0.05, 0.1) is 25.3 Å². The highest BCUT2D eigenvalue weighted by atomic mass is 16.5. The van der Waals surface area contributed by atoms with Crippen LogP contribution >= 0.6 is 0 Å². The summed E-state index contributed by atoms with van der Waals surface area (Å²) in [6.07, 6.45) is 0.635. The number of aromatic amines is 1. The minimum atomic E-state index is -0.230. The lowest BCUT2D eigenvalue weighted by Crippen LogP contribution is -2.26. The predicted octanol–water partition coefficient (Wildman–Crippen LogP) is 3.67. The lowest BCUT2D eigenvalue weighted by molar-refractivity contribution is 0.0955. The van der Waals surface area contributed by atoms with Crippen molar-refractivity contribution in [1.29, 1.82) is 0 Å². The van der Waals surface area contributed by atoms with E-state index in [1.807, 2.05) is 36.4 Å². The van der Waals surface area contributed by atoms with Crippen molar-refractivity contribution in [3.05, 3.63) is 82.0 Å². The molecule has 0 saturated carbocycles. The van der Waals surface area contributed by atoms with Gasteiger partial charge in [-0.1, -0.05) is 24.3 Å². The zero-order chi connectivity index (χ0) is 21.1. The average Bonchev–Trinajstić information content (AvgIpc) is 2.78. The van der Waals surface area contributed by atoms with Crippen molar-refractivity contribution in [3.63, 3.8) is 0 Å². The van der Waals surface area contributed by atoms with Gasteiger partial charge in [0, 0.05) is 22.8 Å². The molecule has 0 unspecified atom stereocenters. The summed E-state index contributed by atoms with van der Waals surface area (Å²) in [5.41, 5.74) is 2.64. The molecule has 1 aromatic heterocycles. The van der Waals surface area contributed by atoms with E-state index in [2.05, 4.69) is 10.3 Å². The number of fused-ring (bicyclic) bond motifs is 2. The Bertz CT molecular complexity index is 1290. The average molecular weight is 402 g/mol. The number of H-pyrrole nitrogens is 1. The van der Waals surface area contributed by atoms with E-state index in [9.17, 15) is 9.59 Å². The molecule has 30 heavy (non-hydrogen) atoms. The molecule has 3 aromatic carbocycles. The van der Waals surface area contributed by atoms with E-state index in [1.165, 1.54) is 0 Å². The lowest BCUT2D eigenvalue weighted by Gasteiger charge is -2.11. The molecule has 0 atom stereocenters. The van der Waals surface area contributed by atoms with Crippen LogP contribution in [0, 0.1) is 0 Å². The Balaban J connectivity index is 1.56. The molecule has 0 radical (unpaired) electrons. The number of aromatic nitrogens is 1. The summed E-state index contributed by atoms with van der Waals surface area (Å²) in [6.45, 7) is 0.447. The molecular weight excluding hydrogens is 380 g/mol. The summed E-state index contributed by atoms with van der Waals surface area (Å²) >= 11 is 0. The van der Waals surface area contributed by atoms with E-state index in [-0.39, 0.29) is 11.3 Å². The number of pyridine rings is 1. The summed E-state index contributed by atoms with van der Waals surface area (Å²) in [5, 5.41) is 4.05. The van der Waals surface area contributed by atoms with Crippen LogP contribution in [0.2, 0.25) is 0 Å². The van der Waals surface area contributed by atoms with Crippen molar-refractivity contribution < 1.29 is 14.3 Å². The number of para-hydroxylation sites is 2. The van der Waals surface area contributed by atoms with Crippen LogP contribution in [0.15, 0.2) is 65.5 Å². The third-order valence-corrected chi connectivity index (χ3v) is 5.13. The fourth-order valence-electron chi connectivity index (χ4n) is 3.59. The number of benzene rings is 3. The predicted molar refractivity (Wildman–Crippen MR) is 118 cm³/mol. The van der Waals surface area contributed by atoms with Gasteiger partial charge in [-0.2, -0.15) is 0 Å². The quantitative estimate of drug-likeness (QED) is 0.482. The second-order valence-corrected chi connectivity index (χ2v) is 6.92. The first-order chi connectivity index (χ1) is 14.6. The smallest absolute Gasteiger partial charge is 0.253 e. The van der Waals surface area contributed by atoms with Crippen LogP contribution in [0.4, 0.5) is 0 Å². The van der Waals surface area contributed by atoms with E-state index in [1.54, 1.807) is 38.5 Å². The summed E-state index contributed by atoms with van der Waals surface area (Å²) in [7, 11) is 3.18. The Morgan fingerprint density at radius 2 is 1.70 bits per heavy atom. The summed E-state index contributed by atoms with van der Waals surface area (Å²) in [6, 6.07) is 18.2. The Kier molecular flexibility index (Phi) is 5.39. The van der Waals surface area contributed by atoms with E-state index in [0.29, 0.717) is 51.8 Å². The van der Waals surface area contributed by atoms with Crippen molar-refractivity contribution in [3.8, 4) is 11.5 Å². The molecule has 0 aliphatic carbocycles. The van der Waals surface area contributed by atoms with Gasteiger partial charge in [0.15, 0.2) is 16.9 Å². The van der Waals surface area contributed by atoms with Crippen molar-refractivity contribution in [2.75, 3.05) is 20.8 Å². The van der Waals surface area contributed by atoms with Crippen molar-refractivity contribution in [2.24, 2.45) is 0 Å². The van der Waals surface area contributed by atoms with Crippen LogP contribution in [0.5, 0.6) is 11.5 Å². The van der Waals surface area contributed by atoms with Crippen LogP contribution in [0.1, 0.15) is 15.9 Å². The zero-order valence-electron chi connectivity index (χ0n) is 16.8. The van der Waals surface area contributed by atoms with Gasteiger partial charge in [0.25, 0.3) is 5.91 Å². The van der Waals surface area contributed by atoms with Crippen LogP contribution in [0.25, 0.3) is 21.8 Å². The Labute approximate surface area is 173 Å². The normalized spacial score (nSPS) is 10.9. The molecule has 0 aliphatic heterocycles. The summed E-state index contributed by atoms with van der Waals surface area (Å²) < 4.78 is 10.6. The summed E-state index contributed by atoms with van der Waals surface area (Å²) in [4.78, 5) is 28.9. The van der Waals surface area contributed by atoms with Crippen LogP contribution in [-0.2, 0) is 6.42 Å². The van der Waals surface area contributed by atoms with Gasteiger partial charge in [-0.05, 0) is 48.4 Å². The highest BCUT2D eigenvalue weighted by Gasteiger charge is 2.14. The van der Waals surface area contributed by atoms with Gasteiger partial charge in [-0.25, -0.2) is 0 Å². The highest BCUT2D eigenvalue weighted by Crippen LogP contribution is 2.27. The number of carbonyl (C=O) groups excluding carboxylic acids is 1. The van der Waals surface area contributed by atoms with Crippen LogP contribution in [-0.4, -0.2) is 31.7 Å². The van der Waals surface area contributed by atoms with Gasteiger partial charge >= 0.3 is 0 Å². The maximum Gasteiger partial charge on any atom is 0.253 e. The molecule has 152 valence electrons. The molecule has 0 spiro atoms. The third kappa shape index (κ3) is 3.59. The molecule has 4 rings (SSSR count). The minimum Gasteiger partial charge on any atom is -0.493 e. The second-order valence-electron chi connectivity index (χ2n) is 6.92. The molecule has 0 bridgehead atoms. The number of rotatable bonds is 6. The first-order valence-electron chi connectivity index (χ1n) is 9.65. The largest absolute Gasteiger partial charge is 0.493 e. The van der Waals surface area contributed by atoms with Gasteiger partial charge in [-0.3, -0.25) is 9.59 Å². The molecule has 0 saturated heterocycles. The molecular formula is C24H22N2O4. The van der Waals surface area contributed by atoms with Crippen LogP contribution in [0.3, 0.4) is 0 Å². The Hall–Kier alpha value is -3.80. The third-order valence-electron chi connectivity index (χ3n) is 5.13. The fraction of sp³-hybridized carbons (Fsp3) is 0.167. The molecule has 0 aliphatic rings. The van der Waals surface area contributed by atoms with Crippen LogP contribution < -0.4 is 20.2 Å². The number of carbonyl (C=O) groups is 1. The molecule has 6 heteroatoms. The number of hydrogen-bond donors (Lipinski definition) is 2. The number of nitrogens with one attached hydrogen (secondary N) is 2. The number of amides is 1. The minimum absolute atomic E-state index is 0.0840. The van der Waals surface area contributed by atoms with Gasteiger partial charge < -0.3 is 19.8 Å². The molecule has 2 N–H and O–H groups in total. The molecule has 6 nitrogen and oxygen atoms in total. The van der Waals surface area contributed by atoms with Crippen molar-refractivity contribution in [2.45, 2.75) is 6.42 Å². The summed E-state index contributed by atoms with van der Waals surface area (Å²) in [5.74, 6) is 1.09. The molecule has 1 amide bonds. The van der Waals surface area contributed by atoms with Gasteiger partial charge in [0.2, 0.25) is 0 Å². The fourth-order valence-corrected chi connectivity index (χ4v) is 3.59. The molecule has 0 fully saturated rings. The zero-order valence-corrected chi connectivity index (χ0v) is 16.8. The molecule has 4 aromatic rings. The van der Waals surface area contributed by atoms with E-state index < -0.39 is 0 Å². The maximum atomic E-state index is 12.8. The monoisotopic (exact) mass is 402 g/mol. The SMILES string of the molecule is COc1ccc(CCNC(=O)c2cccc3c(=O)c4ccccc4[nH]c23)cc1OC. The Morgan fingerprint density at radius 1 is 0.933 bits per heavy atom. The maximum absolute atomic E-state index is 12.8.